The molecule has 1 aliphatic rings. The summed E-state index contributed by atoms with van der Waals surface area (Å²) in [5.41, 5.74) is 1.42. The molecule has 0 bridgehead atoms. The highest BCUT2D eigenvalue weighted by Crippen LogP contribution is 2.48. The van der Waals surface area contributed by atoms with E-state index < -0.39 is 48.2 Å². The quantitative estimate of drug-likeness (QED) is 0.111. The molecule has 0 saturated heterocycles. The summed E-state index contributed by atoms with van der Waals surface area (Å²) < 4.78 is 43.4. The van der Waals surface area contributed by atoms with Crippen LogP contribution in [0.15, 0.2) is 78.9 Å². The predicted octanol–water partition coefficient (Wildman–Crippen LogP) is 4.16. The molecule has 0 spiro atoms. The maximum atomic E-state index is 12.9. The Kier molecular flexibility index (Phi) is 10.8. The monoisotopic (exact) mass is 698 g/mol. The van der Waals surface area contributed by atoms with Crippen LogP contribution in [0.25, 0.3) is 0 Å². The Morgan fingerprint density at radius 2 is 1.49 bits per heavy atom. The molecule has 5 rings (SSSR count). The Hall–Kier alpha value is -5.48. The summed E-state index contributed by atoms with van der Waals surface area (Å²) in [6.07, 6.45) is -4.35. The zero-order valence-corrected chi connectivity index (χ0v) is 26.3. The molecular formula is C32H30ClF3N8O5. The summed E-state index contributed by atoms with van der Waals surface area (Å²) in [5.74, 6) is -2.52. The van der Waals surface area contributed by atoms with Crippen LogP contribution in [0.3, 0.4) is 0 Å². The van der Waals surface area contributed by atoms with Crippen LogP contribution >= 0.6 is 11.6 Å². The van der Waals surface area contributed by atoms with Crippen LogP contribution in [0.1, 0.15) is 28.8 Å². The van der Waals surface area contributed by atoms with Crippen LogP contribution in [0, 0.1) is 0 Å². The second-order valence-electron chi connectivity index (χ2n) is 11.0. The van der Waals surface area contributed by atoms with E-state index in [-0.39, 0.29) is 30.5 Å². The number of nitrogens with zero attached hydrogens (tertiary/aromatic N) is 3. The molecule has 3 amide bonds. The fourth-order valence-electron chi connectivity index (χ4n) is 4.49. The molecule has 4 aromatic rings. The smallest absolute Gasteiger partial charge is 0.422 e. The van der Waals surface area contributed by atoms with Gasteiger partial charge in [0.15, 0.2) is 6.61 Å². The lowest BCUT2D eigenvalue weighted by Gasteiger charge is -2.19. The summed E-state index contributed by atoms with van der Waals surface area (Å²) in [6, 6.07) is 20.9. The highest BCUT2D eigenvalue weighted by Gasteiger charge is 2.45. The first kappa shape index (κ1) is 34.8. The highest BCUT2D eigenvalue weighted by molar-refractivity contribution is 6.39. The SMILES string of the molecule is O=C(NCC(O)CNC(=O)c1ccc(Nc2nc(NC3(c4ccc(Cl)cc4)CC3)nc(OCC(F)(F)F)n2)cc1)C(=O)Nc1ccccc1. The number of carbonyl (C=O) groups is 3. The van der Waals surface area contributed by atoms with Gasteiger partial charge in [-0.1, -0.05) is 41.9 Å². The fourth-order valence-corrected chi connectivity index (χ4v) is 4.62. The number of nitrogens with one attached hydrogen (secondary N) is 5. The number of para-hydroxylation sites is 1. The van der Waals surface area contributed by atoms with Crippen LogP contribution in [-0.2, 0) is 15.1 Å². The van der Waals surface area contributed by atoms with Gasteiger partial charge in [-0.25, -0.2) is 0 Å². The van der Waals surface area contributed by atoms with Crippen LogP contribution < -0.4 is 31.3 Å². The van der Waals surface area contributed by atoms with Crippen molar-refractivity contribution in [3.8, 4) is 6.01 Å². The third-order valence-electron chi connectivity index (χ3n) is 7.12. The Bertz CT molecular complexity index is 1780. The van der Waals surface area contributed by atoms with E-state index in [1.807, 2.05) is 12.1 Å². The number of carbonyl (C=O) groups excluding carboxylic acids is 3. The van der Waals surface area contributed by atoms with E-state index in [0.717, 1.165) is 18.4 Å². The molecule has 49 heavy (non-hydrogen) atoms. The van der Waals surface area contributed by atoms with Crippen molar-refractivity contribution in [2.75, 3.05) is 35.6 Å². The molecule has 1 saturated carbocycles. The lowest BCUT2D eigenvalue weighted by molar-refractivity contribution is -0.154. The second-order valence-corrected chi connectivity index (χ2v) is 11.4. The van der Waals surface area contributed by atoms with Crippen molar-refractivity contribution >= 4 is 52.6 Å². The Morgan fingerprint density at radius 3 is 2.14 bits per heavy atom. The average molecular weight is 699 g/mol. The number of halogens is 4. The number of ether oxygens (including phenoxy) is 1. The van der Waals surface area contributed by atoms with E-state index in [4.69, 9.17) is 16.3 Å². The van der Waals surface area contributed by atoms with Gasteiger partial charge in [0.25, 0.3) is 5.91 Å². The molecule has 1 atom stereocenters. The number of rotatable bonds is 13. The van der Waals surface area contributed by atoms with E-state index in [2.05, 4.69) is 41.5 Å². The maximum Gasteiger partial charge on any atom is 0.422 e. The summed E-state index contributed by atoms with van der Waals surface area (Å²) in [6.45, 7) is -2.12. The number of aliphatic hydroxyl groups is 1. The molecule has 1 unspecified atom stereocenters. The minimum absolute atomic E-state index is 0.00954. The van der Waals surface area contributed by atoms with E-state index in [0.29, 0.717) is 16.4 Å². The van der Waals surface area contributed by atoms with Gasteiger partial charge < -0.3 is 36.4 Å². The third-order valence-corrected chi connectivity index (χ3v) is 7.37. The molecule has 13 nitrogen and oxygen atoms in total. The standard InChI is InChI=1S/C32H30ClF3N8O5/c33-21-10-8-20(9-11-21)31(14-15-31)44-29-41-28(42-30(43-29)49-18-32(34,35)36)40-23-12-6-19(7-13-23)25(46)37-16-24(45)17-38-26(47)27(48)39-22-4-2-1-3-5-22/h1-13,24,45H,14-18H2,(H,37,46)(H,38,47)(H,39,48)(H2,40,41,42,43,44). The first-order valence-corrected chi connectivity index (χ1v) is 15.2. The van der Waals surface area contributed by atoms with Crippen molar-refractivity contribution < 1.29 is 37.4 Å². The maximum absolute atomic E-state index is 12.9. The first-order chi connectivity index (χ1) is 23.4. The zero-order valence-electron chi connectivity index (χ0n) is 25.6. The van der Waals surface area contributed by atoms with Crippen LogP contribution in [0.5, 0.6) is 6.01 Å². The van der Waals surface area contributed by atoms with Crippen molar-refractivity contribution in [3.63, 3.8) is 0 Å². The van der Waals surface area contributed by atoms with E-state index in [1.165, 1.54) is 24.3 Å². The molecular weight excluding hydrogens is 669 g/mol. The lowest BCUT2D eigenvalue weighted by atomic mass is 10.1. The summed E-state index contributed by atoms with van der Waals surface area (Å²) >= 11 is 6.01. The van der Waals surface area contributed by atoms with Gasteiger partial charge in [-0.05, 0) is 66.9 Å². The number of alkyl halides is 3. The molecule has 17 heteroatoms. The topological polar surface area (TPSA) is 179 Å². The summed E-state index contributed by atoms with van der Waals surface area (Å²) in [5, 5.41) is 24.0. The number of hydrogen-bond donors (Lipinski definition) is 6. The number of aliphatic hydroxyl groups excluding tert-OH is 1. The normalized spacial score (nSPS) is 13.8. The summed E-state index contributed by atoms with van der Waals surface area (Å²) in [7, 11) is 0. The number of amides is 3. The number of aromatic nitrogens is 3. The Morgan fingerprint density at radius 1 is 0.837 bits per heavy atom. The van der Waals surface area contributed by atoms with Crippen molar-refractivity contribution in [2.24, 2.45) is 0 Å². The molecule has 1 aromatic heterocycles. The lowest BCUT2D eigenvalue weighted by Crippen LogP contribution is -2.43. The zero-order chi connectivity index (χ0) is 35.0. The molecule has 1 aliphatic carbocycles. The van der Waals surface area contributed by atoms with Crippen LogP contribution in [-0.4, -0.2) is 69.8 Å². The third kappa shape index (κ3) is 10.3. The Balaban J connectivity index is 1.16. The molecule has 256 valence electrons. The van der Waals surface area contributed by atoms with Crippen LogP contribution in [0.2, 0.25) is 5.02 Å². The number of benzene rings is 3. The molecule has 1 heterocycles. The predicted molar refractivity (Wildman–Crippen MR) is 174 cm³/mol. The van der Waals surface area contributed by atoms with E-state index in [9.17, 15) is 32.7 Å². The first-order valence-electron chi connectivity index (χ1n) is 14.8. The number of anilines is 4. The molecule has 6 N–H and O–H groups in total. The van der Waals surface area contributed by atoms with Gasteiger partial charge in [-0.3, -0.25) is 14.4 Å². The minimum atomic E-state index is -4.62. The minimum Gasteiger partial charge on any atom is -0.454 e. The average Bonchev–Trinajstić information content (AvgIpc) is 3.86. The number of hydrogen-bond acceptors (Lipinski definition) is 10. The van der Waals surface area contributed by atoms with Crippen LogP contribution in [0.4, 0.5) is 36.4 Å². The summed E-state index contributed by atoms with van der Waals surface area (Å²) in [4.78, 5) is 48.9. The van der Waals surface area contributed by atoms with E-state index in [1.54, 1.807) is 42.5 Å². The van der Waals surface area contributed by atoms with Gasteiger partial charge in [0.2, 0.25) is 11.9 Å². The highest BCUT2D eigenvalue weighted by atomic mass is 35.5. The largest absolute Gasteiger partial charge is 0.454 e. The Labute approximate surface area is 282 Å². The van der Waals surface area contributed by atoms with Gasteiger partial charge in [0.05, 0.1) is 11.6 Å². The van der Waals surface area contributed by atoms with Crippen molar-refractivity contribution in [2.45, 2.75) is 30.7 Å². The van der Waals surface area contributed by atoms with Gasteiger partial charge in [-0.15, -0.1) is 0 Å². The van der Waals surface area contributed by atoms with Gasteiger partial charge >= 0.3 is 24.0 Å². The van der Waals surface area contributed by atoms with Crippen molar-refractivity contribution in [3.05, 3.63) is 95.0 Å². The molecule has 1 fully saturated rings. The molecule has 3 aromatic carbocycles. The van der Waals surface area contributed by atoms with Gasteiger partial charge in [0, 0.05) is 35.1 Å². The second kappa shape index (κ2) is 15.2. The van der Waals surface area contributed by atoms with Gasteiger partial charge in [0.1, 0.15) is 0 Å². The molecule has 0 aliphatic heterocycles. The van der Waals surface area contributed by atoms with Crippen molar-refractivity contribution in [1.82, 2.24) is 25.6 Å². The van der Waals surface area contributed by atoms with E-state index >= 15 is 0 Å². The fraction of sp³-hybridized carbons (Fsp3) is 0.250. The molecule has 0 radical (unpaired) electrons. The van der Waals surface area contributed by atoms with Gasteiger partial charge in [-0.2, -0.15) is 28.1 Å². The van der Waals surface area contributed by atoms with Crippen molar-refractivity contribution in [1.29, 1.82) is 0 Å².